The van der Waals surface area contributed by atoms with Crippen LogP contribution in [0, 0.1) is 0 Å². The van der Waals surface area contributed by atoms with E-state index in [0.29, 0.717) is 12.8 Å². The van der Waals surface area contributed by atoms with Crippen LogP contribution in [0.25, 0.3) is 0 Å². The van der Waals surface area contributed by atoms with Gasteiger partial charge in [0.1, 0.15) is 16.8 Å². The van der Waals surface area contributed by atoms with Crippen LogP contribution >= 0.6 is 0 Å². The molecule has 1 aliphatic rings. The van der Waals surface area contributed by atoms with Gasteiger partial charge in [-0.3, -0.25) is 0 Å². The van der Waals surface area contributed by atoms with E-state index in [2.05, 4.69) is 10.3 Å². The van der Waals surface area contributed by atoms with Gasteiger partial charge >= 0.3 is 18.1 Å². The largest absolute Gasteiger partial charge is 0.478 e. The molecule has 1 aliphatic carbocycles. The summed E-state index contributed by atoms with van der Waals surface area (Å²) >= 11 is 0. The lowest BCUT2D eigenvalue weighted by molar-refractivity contribution is -0.142. The van der Waals surface area contributed by atoms with Crippen LogP contribution < -0.4 is 5.32 Å². The fourth-order valence-electron chi connectivity index (χ4n) is 1.97. The van der Waals surface area contributed by atoms with Crippen molar-refractivity contribution < 1.29 is 41.8 Å². The molecule has 0 unspecified atom stereocenters. The summed E-state index contributed by atoms with van der Waals surface area (Å²) < 4.78 is 64.8. The Balaban J connectivity index is 2.87. The molecule has 2 rings (SSSR count). The standard InChI is InChI=1S/C12H9F5N2O4/c13-9(14)7-4(10(20)21)6(18-3-1-2-3)5(11(22)23)8(19-7)12(15,16)17/h3,9H,1-2H2,(H,18,19)(H,20,21)(H,22,23). The third kappa shape index (κ3) is 3.32. The zero-order valence-electron chi connectivity index (χ0n) is 11.1. The highest BCUT2D eigenvalue weighted by Gasteiger charge is 2.43. The predicted molar refractivity (Wildman–Crippen MR) is 64.8 cm³/mol. The molecule has 1 heterocycles. The Morgan fingerprint density at radius 2 is 1.65 bits per heavy atom. The molecular formula is C12H9F5N2O4. The summed E-state index contributed by atoms with van der Waals surface area (Å²) in [5.41, 5.74) is -7.43. The van der Waals surface area contributed by atoms with Crippen molar-refractivity contribution in [1.29, 1.82) is 0 Å². The molecule has 0 radical (unpaired) electrons. The van der Waals surface area contributed by atoms with Gasteiger partial charge in [-0.2, -0.15) is 13.2 Å². The van der Waals surface area contributed by atoms with E-state index in [-0.39, 0.29) is 0 Å². The molecule has 23 heavy (non-hydrogen) atoms. The zero-order valence-corrected chi connectivity index (χ0v) is 11.1. The second kappa shape index (κ2) is 5.63. The van der Waals surface area contributed by atoms with E-state index in [9.17, 15) is 31.5 Å². The topological polar surface area (TPSA) is 99.5 Å². The molecule has 1 aromatic heterocycles. The van der Waals surface area contributed by atoms with Gasteiger partial charge in [0.2, 0.25) is 0 Å². The highest BCUT2D eigenvalue weighted by Crippen LogP contribution is 2.40. The third-order valence-electron chi connectivity index (χ3n) is 3.05. The van der Waals surface area contributed by atoms with Crippen molar-refractivity contribution in [2.45, 2.75) is 31.5 Å². The van der Waals surface area contributed by atoms with E-state index < -0.39 is 58.8 Å². The number of hydrogen-bond acceptors (Lipinski definition) is 4. The molecule has 0 aliphatic heterocycles. The van der Waals surface area contributed by atoms with Crippen LogP contribution in [0.1, 0.15) is 51.4 Å². The van der Waals surface area contributed by atoms with E-state index in [1.54, 1.807) is 0 Å². The SMILES string of the molecule is O=C(O)c1c(C(F)F)nc(C(F)(F)F)c(C(=O)O)c1NC1CC1. The van der Waals surface area contributed by atoms with Crippen LogP contribution in [0.15, 0.2) is 0 Å². The minimum absolute atomic E-state index is 0.450. The van der Waals surface area contributed by atoms with Crippen molar-refractivity contribution in [2.75, 3.05) is 5.32 Å². The van der Waals surface area contributed by atoms with Gasteiger partial charge in [-0.1, -0.05) is 0 Å². The van der Waals surface area contributed by atoms with Gasteiger partial charge < -0.3 is 15.5 Å². The molecule has 0 saturated heterocycles. The number of carboxylic acids is 2. The third-order valence-corrected chi connectivity index (χ3v) is 3.05. The van der Waals surface area contributed by atoms with Crippen LogP contribution in [-0.2, 0) is 6.18 Å². The molecule has 0 aromatic carbocycles. The number of halogens is 5. The number of alkyl halides is 5. The van der Waals surface area contributed by atoms with Crippen molar-refractivity contribution in [3.63, 3.8) is 0 Å². The van der Waals surface area contributed by atoms with Crippen LogP contribution in [0.2, 0.25) is 0 Å². The van der Waals surface area contributed by atoms with Gasteiger partial charge in [-0.25, -0.2) is 23.4 Å². The van der Waals surface area contributed by atoms with Crippen LogP contribution in [0.4, 0.5) is 27.6 Å². The monoisotopic (exact) mass is 340 g/mol. The number of anilines is 1. The van der Waals surface area contributed by atoms with Crippen LogP contribution in [0.3, 0.4) is 0 Å². The van der Waals surface area contributed by atoms with Gasteiger partial charge in [0.25, 0.3) is 6.43 Å². The van der Waals surface area contributed by atoms with Gasteiger partial charge in [0.15, 0.2) is 5.69 Å². The first-order chi connectivity index (χ1) is 10.5. The van der Waals surface area contributed by atoms with E-state index in [0.717, 1.165) is 0 Å². The first kappa shape index (κ1) is 16.9. The molecule has 0 spiro atoms. The number of hydrogen-bond donors (Lipinski definition) is 3. The van der Waals surface area contributed by atoms with Gasteiger partial charge in [0.05, 0.1) is 5.69 Å². The molecule has 0 atom stereocenters. The Morgan fingerprint density at radius 1 is 1.13 bits per heavy atom. The van der Waals surface area contributed by atoms with Crippen molar-refractivity contribution in [1.82, 2.24) is 4.98 Å². The first-order valence-corrected chi connectivity index (χ1v) is 6.20. The van der Waals surface area contributed by atoms with Crippen LogP contribution in [-0.4, -0.2) is 33.2 Å². The number of nitrogens with zero attached hydrogens (tertiary/aromatic N) is 1. The second-order valence-corrected chi connectivity index (χ2v) is 4.80. The lowest BCUT2D eigenvalue weighted by Crippen LogP contribution is -2.24. The molecule has 126 valence electrons. The average Bonchev–Trinajstić information content (AvgIpc) is 3.19. The molecule has 3 N–H and O–H groups in total. The maximum Gasteiger partial charge on any atom is 0.434 e. The average molecular weight is 340 g/mol. The number of carbonyl (C=O) groups is 2. The highest BCUT2D eigenvalue weighted by molar-refractivity contribution is 6.04. The maximum absolute atomic E-state index is 13.0. The fourth-order valence-corrected chi connectivity index (χ4v) is 1.97. The normalized spacial score (nSPS) is 14.9. The maximum atomic E-state index is 13.0. The highest BCUT2D eigenvalue weighted by atomic mass is 19.4. The molecule has 1 fully saturated rings. The Labute approximate surface area is 124 Å². The van der Waals surface area contributed by atoms with Gasteiger partial charge in [0, 0.05) is 6.04 Å². The molecule has 0 amide bonds. The fraction of sp³-hybridized carbons (Fsp3) is 0.417. The summed E-state index contributed by atoms with van der Waals surface area (Å²) in [5.74, 6) is -4.11. The second-order valence-electron chi connectivity index (χ2n) is 4.80. The predicted octanol–water partition coefficient (Wildman–Crippen LogP) is 3.01. The minimum Gasteiger partial charge on any atom is -0.478 e. The van der Waals surface area contributed by atoms with E-state index in [4.69, 9.17) is 10.2 Å². The van der Waals surface area contributed by atoms with Crippen molar-refractivity contribution in [3.8, 4) is 0 Å². The zero-order chi connectivity index (χ0) is 17.5. The number of carboxylic acid groups (broad SMARTS) is 2. The van der Waals surface area contributed by atoms with E-state index in [1.165, 1.54) is 0 Å². The summed E-state index contributed by atoms with van der Waals surface area (Å²) in [6.45, 7) is 0. The number of rotatable bonds is 5. The Hall–Kier alpha value is -2.46. The molecule has 11 heteroatoms. The van der Waals surface area contributed by atoms with Crippen molar-refractivity contribution in [3.05, 3.63) is 22.5 Å². The Bertz CT molecular complexity index is 670. The molecule has 1 aromatic rings. The summed E-state index contributed by atoms with van der Waals surface area (Å²) in [5, 5.41) is 20.3. The smallest absolute Gasteiger partial charge is 0.434 e. The van der Waals surface area contributed by atoms with E-state index in [1.807, 2.05) is 0 Å². The number of aromatic carboxylic acids is 2. The lowest BCUT2D eigenvalue weighted by atomic mass is 10.0. The summed E-state index contributed by atoms with van der Waals surface area (Å²) in [7, 11) is 0. The molecule has 1 saturated carbocycles. The Morgan fingerprint density at radius 3 is 2.00 bits per heavy atom. The molecule has 6 nitrogen and oxygen atoms in total. The molecule has 0 bridgehead atoms. The van der Waals surface area contributed by atoms with Gasteiger partial charge in [-0.05, 0) is 12.8 Å². The lowest BCUT2D eigenvalue weighted by Gasteiger charge is -2.19. The number of aromatic nitrogens is 1. The van der Waals surface area contributed by atoms with Crippen molar-refractivity contribution >= 4 is 17.6 Å². The van der Waals surface area contributed by atoms with Crippen LogP contribution in [0.5, 0.6) is 0 Å². The van der Waals surface area contributed by atoms with Crippen molar-refractivity contribution in [2.24, 2.45) is 0 Å². The van der Waals surface area contributed by atoms with E-state index >= 15 is 0 Å². The number of pyridine rings is 1. The quantitative estimate of drug-likeness (QED) is 0.713. The molecular weight excluding hydrogens is 331 g/mol. The minimum atomic E-state index is -5.34. The summed E-state index contributed by atoms with van der Waals surface area (Å²) in [4.78, 5) is 25.0. The summed E-state index contributed by atoms with van der Waals surface area (Å²) in [6, 6.07) is -0.472. The van der Waals surface area contributed by atoms with Gasteiger partial charge in [-0.15, -0.1) is 0 Å². The first-order valence-electron chi connectivity index (χ1n) is 6.20. The Kier molecular flexibility index (Phi) is 4.14. The summed E-state index contributed by atoms with van der Waals surface area (Å²) in [6.07, 6.45) is -8.06. The number of nitrogens with one attached hydrogen (secondary N) is 1.